The van der Waals surface area contributed by atoms with E-state index in [4.69, 9.17) is 9.47 Å². The van der Waals surface area contributed by atoms with Crippen LogP contribution in [0, 0.1) is 13.8 Å². The van der Waals surface area contributed by atoms with Gasteiger partial charge in [0, 0.05) is 24.6 Å². The molecule has 5 heteroatoms. The lowest BCUT2D eigenvalue weighted by atomic mass is 9.79. The first-order valence-electron chi connectivity index (χ1n) is 10.1. The number of aromatic carboxylic acids is 1. The number of rotatable bonds is 5. The number of nitrogens with one attached hydrogen (secondary N) is 1. The predicted octanol–water partition coefficient (Wildman–Crippen LogP) is 5.21. The van der Waals surface area contributed by atoms with Crippen LogP contribution in [0.5, 0.6) is 5.75 Å². The lowest BCUT2D eigenvalue weighted by molar-refractivity contribution is 0.0193. The normalized spacial score (nSPS) is 22.0. The van der Waals surface area contributed by atoms with Gasteiger partial charge in [0.15, 0.2) is 0 Å². The number of carbonyl (C=O) groups is 1. The molecular formula is C24H27NO4. The van der Waals surface area contributed by atoms with E-state index in [0.29, 0.717) is 5.56 Å². The smallest absolute Gasteiger partial charge is 0.335 e. The molecule has 4 rings (SSSR count). The van der Waals surface area contributed by atoms with Crippen LogP contribution in [0.2, 0.25) is 0 Å². The minimum absolute atomic E-state index is 0.0107. The van der Waals surface area contributed by atoms with Crippen molar-refractivity contribution < 1.29 is 19.4 Å². The van der Waals surface area contributed by atoms with Gasteiger partial charge < -0.3 is 19.6 Å². The molecule has 5 nitrogen and oxygen atoms in total. The minimum atomic E-state index is -0.909. The van der Waals surface area contributed by atoms with Crippen molar-refractivity contribution in [2.45, 2.75) is 51.2 Å². The molecule has 3 atom stereocenters. The van der Waals surface area contributed by atoms with Crippen LogP contribution >= 0.6 is 0 Å². The van der Waals surface area contributed by atoms with Gasteiger partial charge in [0.25, 0.3) is 0 Å². The number of H-pyrrole nitrogens is 1. The summed E-state index contributed by atoms with van der Waals surface area (Å²) in [6.07, 6.45) is 4.85. The second-order valence-corrected chi connectivity index (χ2v) is 7.97. The Kier molecular flexibility index (Phi) is 5.33. The summed E-state index contributed by atoms with van der Waals surface area (Å²) in [7, 11) is 1.75. The number of carboxylic acid groups (broad SMARTS) is 1. The van der Waals surface area contributed by atoms with Crippen molar-refractivity contribution in [2.75, 3.05) is 7.11 Å². The molecule has 152 valence electrons. The van der Waals surface area contributed by atoms with E-state index in [9.17, 15) is 9.90 Å². The van der Waals surface area contributed by atoms with Crippen molar-refractivity contribution in [3.05, 3.63) is 64.8 Å². The third-order valence-electron chi connectivity index (χ3n) is 6.10. The summed E-state index contributed by atoms with van der Waals surface area (Å²) >= 11 is 0. The number of hydrogen-bond donors (Lipinski definition) is 2. The van der Waals surface area contributed by atoms with Gasteiger partial charge in [-0.2, -0.15) is 0 Å². The summed E-state index contributed by atoms with van der Waals surface area (Å²) in [5, 5.41) is 10.3. The zero-order chi connectivity index (χ0) is 20.5. The lowest BCUT2D eigenvalue weighted by Gasteiger charge is -2.36. The Morgan fingerprint density at radius 1 is 1.10 bits per heavy atom. The van der Waals surface area contributed by atoms with Crippen LogP contribution in [0.15, 0.2) is 42.6 Å². The van der Waals surface area contributed by atoms with Crippen LogP contribution in [-0.4, -0.2) is 35.4 Å². The maximum absolute atomic E-state index is 11.2. The number of aryl methyl sites for hydroxylation is 2. The molecule has 0 saturated heterocycles. The third-order valence-corrected chi connectivity index (χ3v) is 6.10. The Bertz CT molecular complexity index is 1020. The van der Waals surface area contributed by atoms with Crippen molar-refractivity contribution in [1.29, 1.82) is 0 Å². The molecule has 0 unspecified atom stereocenters. The van der Waals surface area contributed by atoms with E-state index in [0.717, 1.165) is 47.0 Å². The first kappa shape index (κ1) is 19.5. The summed E-state index contributed by atoms with van der Waals surface area (Å²) in [5.41, 5.74) is 4.84. The van der Waals surface area contributed by atoms with Crippen LogP contribution in [0.4, 0.5) is 0 Å². The number of aromatic amines is 1. The Balaban J connectivity index is 1.68. The monoisotopic (exact) mass is 393 g/mol. The highest BCUT2D eigenvalue weighted by Crippen LogP contribution is 2.40. The first-order chi connectivity index (χ1) is 14.0. The Labute approximate surface area is 170 Å². The molecule has 29 heavy (non-hydrogen) atoms. The van der Waals surface area contributed by atoms with E-state index in [1.165, 1.54) is 5.56 Å². The van der Waals surface area contributed by atoms with E-state index in [1.54, 1.807) is 19.2 Å². The number of carboxylic acids is 1. The Hall–Kier alpha value is -2.79. The average molecular weight is 393 g/mol. The van der Waals surface area contributed by atoms with Gasteiger partial charge in [0.1, 0.15) is 11.9 Å². The molecule has 0 bridgehead atoms. The van der Waals surface area contributed by atoms with Crippen LogP contribution in [-0.2, 0) is 4.74 Å². The number of fused-ring (bicyclic) bond motifs is 1. The summed E-state index contributed by atoms with van der Waals surface area (Å²) in [6.45, 7) is 4.19. The number of ether oxygens (including phenoxy) is 2. The summed E-state index contributed by atoms with van der Waals surface area (Å²) < 4.78 is 12.3. The van der Waals surface area contributed by atoms with E-state index in [2.05, 4.69) is 31.0 Å². The molecule has 2 aromatic carbocycles. The van der Waals surface area contributed by atoms with Crippen molar-refractivity contribution in [1.82, 2.24) is 4.98 Å². The van der Waals surface area contributed by atoms with Crippen molar-refractivity contribution >= 4 is 16.9 Å². The summed E-state index contributed by atoms with van der Waals surface area (Å²) in [4.78, 5) is 14.5. The van der Waals surface area contributed by atoms with Gasteiger partial charge in [0.2, 0.25) is 0 Å². The van der Waals surface area contributed by atoms with E-state index >= 15 is 0 Å². The highest BCUT2D eigenvalue weighted by molar-refractivity contribution is 5.90. The fourth-order valence-electron chi connectivity index (χ4n) is 4.55. The van der Waals surface area contributed by atoms with Crippen LogP contribution in [0.1, 0.15) is 52.2 Å². The van der Waals surface area contributed by atoms with Crippen LogP contribution in [0.3, 0.4) is 0 Å². The van der Waals surface area contributed by atoms with E-state index < -0.39 is 5.97 Å². The van der Waals surface area contributed by atoms with Gasteiger partial charge in [-0.15, -0.1) is 0 Å². The fraction of sp³-hybridized carbons (Fsp3) is 0.375. The van der Waals surface area contributed by atoms with Crippen molar-refractivity contribution in [3.63, 3.8) is 0 Å². The highest BCUT2D eigenvalue weighted by Gasteiger charge is 2.34. The van der Waals surface area contributed by atoms with Gasteiger partial charge in [-0.25, -0.2) is 4.79 Å². The largest absolute Gasteiger partial charge is 0.489 e. The number of benzene rings is 2. The third kappa shape index (κ3) is 3.75. The fourth-order valence-corrected chi connectivity index (χ4v) is 4.55. The number of aromatic nitrogens is 1. The molecule has 1 aliphatic carbocycles. The van der Waals surface area contributed by atoms with Gasteiger partial charge in [-0.05, 0) is 68.0 Å². The molecular weight excluding hydrogens is 366 g/mol. The number of hydrogen-bond acceptors (Lipinski definition) is 3. The minimum Gasteiger partial charge on any atom is -0.489 e. The Morgan fingerprint density at radius 2 is 1.86 bits per heavy atom. The second-order valence-electron chi connectivity index (χ2n) is 7.97. The molecule has 1 aliphatic rings. The molecule has 1 fully saturated rings. The molecule has 0 aliphatic heterocycles. The summed E-state index contributed by atoms with van der Waals surface area (Å²) in [5.74, 6) is 0.166. The maximum Gasteiger partial charge on any atom is 0.335 e. The van der Waals surface area contributed by atoms with Crippen molar-refractivity contribution in [2.24, 2.45) is 0 Å². The molecule has 1 aromatic heterocycles. The van der Waals surface area contributed by atoms with E-state index in [-0.39, 0.29) is 18.1 Å². The van der Waals surface area contributed by atoms with Crippen LogP contribution in [0.25, 0.3) is 10.9 Å². The number of methoxy groups -OCH3 is 1. The molecule has 3 aromatic rings. The molecule has 0 spiro atoms. The maximum atomic E-state index is 11.2. The SMILES string of the molecule is CO[C@H]1CC[C@@H](Oc2c(C)cc(C)c3[nH]ccc23)[C@H](c2ccc(C(=O)O)cc2)C1. The zero-order valence-electron chi connectivity index (χ0n) is 17.1. The highest BCUT2D eigenvalue weighted by atomic mass is 16.5. The molecule has 1 heterocycles. The average Bonchev–Trinajstić information content (AvgIpc) is 3.21. The van der Waals surface area contributed by atoms with Crippen molar-refractivity contribution in [3.8, 4) is 5.75 Å². The quantitative estimate of drug-likeness (QED) is 0.624. The molecule has 2 N–H and O–H groups in total. The second kappa shape index (κ2) is 7.91. The van der Waals surface area contributed by atoms with Gasteiger partial charge in [-0.3, -0.25) is 0 Å². The topological polar surface area (TPSA) is 71.5 Å². The molecule has 0 radical (unpaired) electrons. The zero-order valence-corrected chi connectivity index (χ0v) is 17.1. The standard InChI is InChI=1S/C24H27NO4/c1-14-12-15(2)23(19-10-11-25-22(14)19)29-21-9-8-18(28-3)13-20(21)16-4-6-17(7-5-16)24(26)27/h4-7,10-12,18,20-21,25H,8-9,13H2,1-3H3,(H,26,27)/t18-,20-,21+/m0/s1. The lowest BCUT2D eigenvalue weighted by Crippen LogP contribution is -2.35. The van der Waals surface area contributed by atoms with Gasteiger partial charge in [0.05, 0.1) is 17.2 Å². The Morgan fingerprint density at radius 3 is 2.55 bits per heavy atom. The first-order valence-corrected chi connectivity index (χ1v) is 10.1. The molecule has 1 saturated carbocycles. The molecule has 0 amide bonds. The van der Waals surface area contributed by atoms with Crippen LogP contribution < -0.4 is 4.74 Å². The van der Waals surface area contributed by atoms with Gasteiger partial charge >= 0.3 is 5.97 Å². The predicted molar refractivity (Wildman–Crippen MR) is 113 cm³/mol. The van der Waals surface area contributed by atoms with E-state index in [1.807, 2.05) is 18.3 Å². The summed E-state index contributed by atoms with van der Waals surface area (Å²) in [6, 6.07) is 11.4. The van der Waals surface area contributed by atoms with Gasteiger partial charge in [-0.1, -0.05) is 18.2 Å².